The first-order valence-electron chi connectivity index (χ1n) is 22.4. The molecule has 14 rings (SSSR count). The van der Waals surface area contributed by atoms with Gasteiger partial charge in [0.25, 0.3) is 0 Å². The van der Waals surface area contributed by atoms with E-state index < -0.39 is 0 Å². The van der Waals surface area contributed by atoms with Gasteiger partial charge in [-0.25, -0.2) is 15.0 Å². The summed E-state index contributed by atoms with van der Waals surface area (Å²) in [6.45, 7) is 0. The van der Waals surface area contributed by atoms with Crippen molar-refractivity contribution in [2.45, 2.75) is 0 Å². The summed E-state index contributed by atoms with van der Waals surface area (Å²) in [7, 11) is 0. The molecule has 0 aliphatic heterocycles. The maximum Gasteiger partial charge on any atom is 0.164 e. The molecule has 0 amide bonds. The standard InChI is InChI=1S/C61H37N5/c1-2-16-39(17-3-1)59-62-60(49-27-14-22-38-15-8-9-23-45(38)49)64-61(63-59)50-30-32-55(47-25-11-10-24-46(47)50)66-56-31-29-44(37-53(56)52-34-41-19-5-7-21-43(41)36-58(52)66)65-54-28-13-12-26-48(54)51-33-40-18-4-6-20-42(40)35-57(51)65/h1-37H. The molecule has 0 aliphatic carbocycles. The normalized spacial score (nSPS) is 11.9. The third kappa shape index (κ3) is 5.57. The minimum Gasteiger partial charge on any atom is -0.309 e. The lowest BCUT2D eigenvalue weighted by molar-refractivity contribution is 1.08. The van der Waals surface area contributed by atoms with E-state index in [-0.39, 0.29) is 0 Å². The van der Waals surface area contributed by atoms with Gasteiger partial charge in [0.2, 0.25) is 0 Å². The number of fused-ring (bicyclic) bond motifs is 10. The quantitative estimate of drug-likeness (QED) is 0.173. The molecule has 0 N–H and O–H groups in total. The van der Waals surface area contributed by atoms with Crippen LogP contribution in [0.4, 0.5) is 0 Å². The number of benzene rings is 11. The molecule has 0 saturated carbocycles. The number of rotatable bonds is 5. The zero-order valence-electron chi connectivity index (χ0n) is 35.6. The lowest BCUT2D eigenvalue weighted by Gasteiger charge is -2.16. The van der Waals surface area contributed by atoms with Gasteiger partial charge in [-0.2, -0.15) is 0 Å². The fourth-order valence-electron chi connectivity index (χ4n) is 10.5. The summed E-state index contributed by atoms with van der Waals surface area (Å²) >= 11 is 0. The van der Waals surface area contributed by atoms with E-state index in [4.69, 9.17) is 15.0 Å². The van der Waals surface area contributed by atoms with Crippen LogP contribution in [0.3, 0.4) is 0 Å². The molecule has 5 nitrogen and oxygen atoms in total. The van der Waals surface area contributed by atoms with E-state index in [0.29, 0.717) is 17.5 Å². The van der Waals surface area contributed by atoms with Crippen LogP contribution < -0.4 is 0 Å². The fourth-order valence-corrected chi connectivity index (χ4v) is 10.5. The first-order valence-corrected chi connectivity index (χ1v) is 22.4. The van der Waals surface area contributed by atoms with E-state index in [9.17, 15) is 0 Å². The molecular weight excluding hydrogens is 803 g/mol. The molecule has 11 aromatic carbocycles. The highest BCUT2D eigenvalue weighted by Crippen LogP contribution is 2.42. The largest absolute Gasteiger partial charge is 0.309 e. The lowest BCUT2D eigenvalue weighted by Crippen LogP contribution is -2.02. The fraction of sp³-hybridized carbons (Fsp3) is 0. The maximum atomic E-state index is 5.29. The Labute approximate surface area is 379 Å². The Morgan fingerprint density at radius 1 is 0.258 bits per heavy atom. The van der Waals surface area contributed by atoms with Crippen LogP contribution in [0.1, 0.15) is 0 Å². The van der Waals surface area contributed by atoms with Crippen molar-refractivity contribution in [2.24, 2.45) is 0 Å². The highest BCUT2D eigenvalue weighted by molar-refractivity contribution is 6.17. The molecule has 0 spiro atoms. The molecule has 0 aliphatic rings. The van der Waals surface area contributed by atoms with Crippen LogP contribution in [0.2, 0.25) is 0 Å². The zero-order valence-corrected chi connectivity index (χ0v) is 35.6. The van der Waals surface area contributed by atoms with Crippen LogP contribution in [-0.2, 0) is 0 Å². The van der Waals surface area contributed by atoms with Gasteiger partial charge in [-0.15, -0.1) is 0 Å². The Bertz CT molecular complexity index is 4290. The SMILES string of the molecule is c1ccc(-c2nc(-c3cccc4ccccc34)nc(-c3ccc(-n4c5ccc(-n6c7ccccc7c7cc8ccccc8cc76)cc5c5cc6ccccc6cc54)c4ccccc34)n2)cc1. The second kappa shape index (κ2) is 14.3. The average molecular weight is 840 g/mol. The van der Waals surface area contributed by atoms with Gasteiger partial charge in [0.05, 0.1) is 27.8 Å². The number of aromatic nitrogens is 5. The first-order chi connectivity index (χ1) is 32.7. The third-order valence-electron chi connectivity index (χ3n) is 13.5. The number of hydrogen-bond donors (Lipinski definition) is 0. The predicted octanol–water partition coefficient (Wildman–Crippen LogP) is 15.7. The van der Waals surface area contributed by atoms with E-state index >= 15 is 0 Å². The minimum atomic E-state index is 0.631. The highest BCUT2D eigenvalue weighted by atomic mass is 15.0. The highest BCUT2D eigenvalue weighted by Gasteiger charge is 2.21. The topological polar surface area (TPSA) is 48.5 Å². The van der Waals surface area contributed by atoms with Crippen LogP contribution in [0.15, 0.2) is 224 Å². The van der Waals surface area contributed by atoms with Crippen LogP contribution in [0, 0.1) is 0 Å². The summed E-state index contributed by atoms with van der Waals surface area (Å²) in [5.41, 5.74) is 9.75. The molecule has 0 atom stereocenters. The Kier molecular flexibility index (Phi) is 7.91. The molecule has 5 heteroatoms. The second-order valence-corrected chi connectivity index (χ2v) is 17.2. The molecule has 0 unspecified atom stereocenters. The van der Waals surface area contributed by atoms with Crippen molar-refractivity contribution in [1.82, 2.24) is 24.1 Å². The molecule has 0 saturated heterocycles. The van der Waals surface area contributed by atoms with Crippen molar-refractivity contribution in [3.63, 3.8) is 0 Å². The van der Waals surface area contributed by atoms with Crippen molar-refractivity contribution < 1.29 is 0 Å². The molecule has 0 fully saturated rings. The van der Waals surface area contributed by atoms with Gasteiger partial charge in [-0.3, -0.25) is 0 Å². The number of hydrogen-bond acceptors (Lipinski definition) is 3. The molecular formula is C61H37N5. The van der Waals surface area contributed by atoms with E-state index in [1.165, 1.54) is 54.1 Å². The minimum absolute atomic E-state index is 0.631. The van der Waals surface area contributed by atoms with Gasteiger partial charge in [-0.1, -0.05) is 164 Å². The molecule has 66 heavy (non-hydrogen) atoms. The van der Waals surface area contributed by atoms with E-state index in [0.717, 1.165) is 60.6 Å². The first kappa shape index (κ1) is 36.5. The second-order valence-electron chi connectivity index (χ2n) is 17.2. The molecule has 14 aromatic rings. The lowest BCUT2D eigenvalue weighted by atomic mass is 10.0. The van der Waals surface area contributed by atoms with Gasteiger partial charge in [0.1, 0.15) is 0 Å². The van der Waals surface area contributed by atoms with Crippen molar-refractivity contribution >= 4 is 86.7 Å². The predicted molar refractivity (Wildman–Crippen MR) is 275 cm³/mol. The van der Waals surface area contributed by atoms with Gasteiger partial charge in [-0.05, 0) is 98.4 Å². The summed E-state index contributed by atoms with van der Waals surface area (Å²) in [4.78, 5) is 15.6. The molecule has 306 valence electrons. The summed E-state index contributed by atoms with van der Waals surface area (Å²) in [5.74, 6) is 1.91. The van der Waals surface area contributed by atoms with Crippen LogP contribution in [0.25, 0.3) is 132 Å². The molecule has 3 heterocycles. The molecule has 3 aromatic heterocycles. The van der Waals surface area contributed by atoms with Crippen LogP contribution in [-0.4, -0.2) is 24.1 Å². The molecule has 0 radical (unpaired) electrons. The third-order valence-corrected chi connectivity index (χ3v) is 13.5. The monoisotopic (exact) mass is 839 g/mol. The van der Waals surface area contributed by atoms with Gasteiger partial charge in [0.15, 0.2) is 17.5 Å². The van der Waals surface area contributed by atoms with Gasteiger partial charge < -0.3 is 9.13 Å². The maximum absolute atomic E-state index is 5.29. The summed E-state index contributed by atoms with van der Waals surface area (Å²) < 4.78 is 4.90. The van der Waals surface area contributed by atoms with E-state index in [1.54, 1.807) is 0 Å². The van der Waals surface area contributed by atoms with E-state index in [2.05, 4.69) is 215 Å². The Balaban J connectivity index is 1.01. The summed E-state index contributed by atoms with van der Waals surface area (Å²) in [5, 5.41) is 14.2. The van der Waals surface area contributed by atoms with Gasteiger partial charge in [0, 0.05) is 49.3 Å². The molecule has 0 bridgehead atoms. The smallest absolute Gasteiger partial charge is 0.164 e. The van der Waals surface area contributed by atoms with Crippen molar-refractivity contribution in [3.05, 3.63) is 224 Å². The van der Waals surface area contributed by atoms with Crippen LogP contribution >= 0.6 is 0 Å². The summed E-state index contributed by atoms with van der Waals surface area (Å²) in [6, 6.07) is 80.6. The van der Waals surface area contributed by atoms with Crippen molar-refractivity contribution in [1.29, 1.82) is 0 Å². The van der Waals surface area contributed by atoms with Gasteiger partial charge >= 0.3 is 0 Å². The zero-order chi connectivity index (χ0) is 43.3. The van der Waals surface area contributed by atoms with Crippen LogP contribution in [0.5, 0.6) is 0 Å². The van der Waals surface area contributed by atoms with E-state index in [1.807, 2.05) is 18.2 Å². The van der Waals surface area contributed by atoms with Crippen molar-refractivity contribution in [3.8, 4) is 45.5 Å². The van der Waals surface area contributed by atoms with Crippen molar-refractivity contribution in [2.75, 3.05) is 0 Å². The average Bonchev–Trinajstić information content (AvgIpc) is 3.87. The number of para-hydroxylation sites is 1. The Morgan fingerprint density at radius 2 is 0.758 bits per heavy atom. The summed E-state index contributed by atoms with van der Waals surface area (Å²) in [6.07, 6.45) is 0. The Morgan fingerprint density at radius 3 is 1.48 bits per heavy atom. The number of nitrogens with zero attached hydrogens (tertiary/aromatic N) is 5. The Hall–Kier alpha value is -8.93.